The van der Waals surface area contributed by atoms with E-state index in [1.54, 1.807) is 21.0 Å². The summed E-state index contributed by atoms with van der Waals surface area (Å²) in [5.41, 5.74) is 6.34. The van der Waals surface area contributed by atoms with E-state index in [1.807, 2.05) is 7.05 Å². The zero-order valence-electron chi connectivity index (χ0n) is 12.5. The number of hydrogen-bond acceptors (Lipinski definition) is 5. The molecule has 20 heavy (non-hydrogen) atoms. The summed E-state index contributed by atoms with van der Waals surface area (Å²) in [7, 11) is 1.73. The fourth-order valence-electron chi connectivity index (χ4n) is 2.71. The van der Waals surface area contributed by atoms with Crippen LogP contribution in [0.2, 0.25) is 0 Å². The monoisotopic (exact) mass is 301 g/mol. The number of nitrogen functional groups attached to an aromatic ring is 1. The summed E-state index contributed by atoms with van der Waals surface area (Å²) in [5, 5.41) is 4.00. The molecule has 0 saturated carbocycles. The smallest absolute Gasteiger partial charge is 0.248 e. The Hall–Kier alpha value is -1.12. The summed E-state index contributed by atoms with van der Waals surface area (Å²) in [4.78, 5) is 2.29. The molecule has 1 fully saturated rings. The van der Waals surface area contributed by atoms with E-state index in [4.69, 9.17) is 5.73 Å². The molecule has 0 aromatic carbocycles. The summed E-state index contributed by atoms with van der Waals surface area (Å²) in [6, 6.07) is -0.0160. The van der Waals surface area contributed by atoms with Crippen LogP contribution < -0.4 is 5.73 Å². The van der Waals surface area contributed by atoms with Gasteiger partial charge < -0.3 is 10.6 Å². The number of hydrogen-bond donors (Lipinski definition) is 1. The van der Waals surface area contributed by atoms with Crippen molar-refractivity contribution in [1.29, 1.82) is 0 Å². The predicted molar refractivity (Wildman–Crippen MR) is 77.8 cm³/mol. The minimum absolute atomic E-state index is 0.0160. The van der Waals surface area contributed by atoms with E-state index in [9.17, 15) is 8.42 Å². The van der Waals surface area contributed by atoms with Crippen molar-refractivity contribution in [3.63, 3.8) is 0 Å². The summed E-state index contributed by atoms with van der Waals surface area (Å²) in [5.74, 6) is 0.0704. The van der Waals surface area contributed by atoms with Crippen LogP contribution in [0.5, 0.6) is 0 Å². The molecule has 2 N–H and O–H groups in total. The molecule has 1 aromatic rings. The fraction of sp³-hybridized carbons (Fsp3) is 0.750. The van der Waals surface area contributed by atoms with Crippen molar-refractivity contribution in [3.8, 4) is 0 Å². The molecule has 0 spiro atoms. The van der Waals surface area contributed by atoms with Crippen molar-refractivity contribution in [1.82, 2.24) is 19.0 Å². The Kier molecular flexibility index (Phi) is 4.08. The van der Waals surface area contributed by atoms with Crippen molar-refractivity contribution in [2.45, 2.75) is 30.7 Å². The van der Waals surface area contributed by atoms with Gasteiger partial charge in [0.15, 0.2) is 5.82 Å². The summed E-state index contributed by atoms with van der Waals surface area (Å²) in [6.45, 7) is 3.48. The van der Waals surface area contributed by atoms with E-state index in [1.165, 1.54) is 8.99 Å². The van der Waals surface area contributed by atoms with E-state index in [0.717, 1.165) is 25.9 Å². The van der Waals surface area contributed by atoms with Crippen LogP contribution in [0.3, 0.4) is 0 Å². The Labute approximate surface area is 120 Å². The molecule has 0 radical (unpaired) electrons. The first-order valence-electron chi connectivity index (χ1n) is 6.70. The second-order valence-corrected chi connectivity index (χ2v) is 7.44. The maximum atomic E-state index is 12.8. The van der Waals surface area contributed by atoms with E-state index in [-0.39, 0.29) is 16.8 Å². The summed E-state index contributed by atoms with van der Waals surface area (Å²) < 4.78 is 28.5. The lowest BCUT2D eigenvalue weighted by Crippen LogP contribution is -2.47. The van der Waals surface area contributed by atoms with Gasteiger partial charge in [-0.05, 0) is 33.4 Å². The van der Waals surface area contributed by atoms with Crippen LogP contribution in [0.25, 0.3) is 0 Å². The third-order valence-corrected chi connectivity index (χ3v) is 6.13. The van der Waals surface area contributed by atoms with Gasteiger partial charge >= 0.3 is 0 Å². The van der Waals surface area contributed by atoms with Gasteiger partial charge in [0.05, 0.1) is 5.69 Å². The topological polar surface area (TPSA) is 84.5 Å². The Balaban J connectivity index is 2.34. The molecule has 7 nitrogen and oxygen atoms in total. The maximum Gasteiger partial charge on any atom is 0.248 e. The molecule has 1 aromatic heterocycles. The number of aryl methyl sites for hydroxylation is 1. The molecule has 2 heterocycles. The maximum absolute atomic E-state index is 12.8. The van der Waals surface area contributed by atoms with Crippen LogP contribution in [0.15, 0.2) is 4.90 Å². The minimum Gasteiger partial charge on any atom is -0.381 e. The lowest BCUT2D eigenvalue weighted by Gasteiger charge is -2.35. The Morgan fingerprint density at radius 1 is 1.40 bits per heavy atom. The lowest BCUT2D eigenvalue weighted by molar-refractivity contribution is 0.187. The molecular weight excluding hydrogens is 278 g/mol. The zero-order valence-corrected chi connectivity index (χ0v) is 13.3. The van der Waals surface area contributed by atoms with Crippen LogP contribution in [-0.2, 0) is 17.1 Å². The number of anilines is 1. The number of aromatic nitrogens is 2. The number of sulfonamides is 1. The van der Waals surface area contributed by atoms with Gasteiger partial charge in [0.1, 0.15) is 4.90 Å². The van der Waals surface area contributed by atoms with Gasteiger partial charge in [-0.2, -0.15) is 9.40 Å². The number of likely N-dealkylation sites (N-methyl/N-ethyl adjacent to an activating group) is 2. The highest BCUT2D eigenvalue weighted by Gasteiger charge is 2.34. The lowest BCUT2D eigenvalue weighted by atomic mass is 10.1. The molecule has 0 bridgehead atoms. The molecule has 1 atom stereocenters. The average molecular weight is 301 g/mol. The van der Waals surface area contributed by atoms with Gasteiger partial charge in [-0.25, -0.2) is 8.42 Å². The van der Waals surface area contributed by atoms with Crippen LogP contribution in [0.4, 0.5) is 5.82 Å². The fourth-order valence-corrected chi connectivity index (χ4v) is 4.37. The standard InChI is InChI=1S/C12H23N5O2S/c1-9-11(12(13)14-16(9)3)20(18,19)17(4)10-6-5-7-15(2)8-10/h10H,5-8H2,1-4H3,(H2,13,14). The molecule has 0 amide bonds. The molecule has 1 aliphatic heterocycles. The van der Waals surface area contributed by atoms with E-state index < -0.39 is 10.0 Å². The first kappa shape index (κ1) is 15.3. The number of nitrogens with zero attached hydrogens (tertiary/aromatic N) is 4. The van der Waals surface area contributed by atoms with Crippen molar-refractivity contribution in [2.24, 2.45) is 7.05 Å². The van der Waals surface area contributed by atoms with E-state index >= 15 is 0 Å². The van der Waals surface area contributed by atoms with Crippen molar-refractivity contribution >= 4 is 15.8 Å². The Morgan fingerprint density at radius 2 is 2.05 bits per heavy atom. The van der Waals surface area contributed by atoms with E-state index in [0.29, 0.717) is 5.69 Å². The van der Waals surface area contributed by atoms with Crippen LogP contribution >= 0.6 is 0 Å². The highest BCUT2D eigenvalue weighted by Crippen LogP contribution is 2.27. The molecule has 114 valence electrons. The largest absolute Gasteiger partial charge is 0.381 e. The van der Waals surface area contributed by atoms with Crippen molar-refractivity contribution in [3.05, 3.63) is 5.69 Å². The average Bonchev–Trinajstić information content (AvgIpc) is 2.62. The number of rotatable bonds is 3. The molecule has 2 rings (SSSR count). The van der Waals surface area contributed by atoms with Gasteiger partial charge in [-0.1, -0.05) is 0 Å². The molecule has 0 aliphatic carbocycles. The third kappa shape index (κ3) is 2.55. The molecule has 1 saturated heterocycles. The van der Waals surface area contributed by atoms with Gasteiger partial charge in [0.25, 0.3) is 0 Å². The van der Waals surface area contributed by atoms with Crippen LogP contribution in [-0.4, -0.2) is 60.6 Å². The highest BCUT2D eigenvalue weighted by molar-refractivity contribution is 7.89. The number of nitrogens with two attached hydrogens (primary N) is 1. The molecule has 8 heteroatoms. The third-order valence-electron chi connectivity index (χ3n) is 4.06. The predicted octanol–water partition coefficient (Wildman–Crippen LogP) is 0.0254. The second-order valence-electron chi connectivity index (χ2n) is 5.50. The summed E-state index contributed by atoms with van der Waals surface area (Å²) in [6.07, 6.45) is 1.88. The van der Waals surface area contributed by atoms with Gasteiger partial charge in [0, 0.05) is 26.7 Å². The Bertz CT molecular complexity index is 595. The SMILES string of the molecule is Cc1c(S(=O)(=O)N(C)C2CCCN(C)C2)c(N)nn1C. The molecular formula is C12H23N5O2S. The van der Waals surface area contributed by atoms with Crippen molar-refractivity contribution < 1.29 is 8.42 Å². The van der Waals surface area contributed by atoms with Gasteiger partial charge in [-0.3, -0.25) is 4.68 Å². The molecule has 1 unspecified atom stereocenters. The van der Waals surface area contributed by atoms with E-state index in [2.05, 4.69) is 10.00 Å². The van der Waals surface area contributed by atoms with Crippen molar-refractivity contribution in [2.75, 3.05) is 32.9 Å². The summed E-state index contributed by atoms with van der Waals surface area (Å²) >= 11 is 0. The normalized spacial score (nSPS) is 21.6. The highest BCUT2D eigenvalue weighted by atomic mass is 32.2. The first-order valence-corrected chi connectivity index (χ1v) is 8.14. The van der Waals surface area contributed by atoms with Crippen LogP contribution in [0, 0.1) is 6.92 Å². The first-order chi connectivity index (χ1) is 9.25. The van der Waals surface area contributed by atoms with Crippen LogP contribution in [0.1, 0.15) is 18.5 Å². The zero-order chi connectivity index (χ0) is 15.1. The van der Waals surface area contributed by atoms with Gasteiger partial charge in [0.2, 0.25) is 10.0 Å². The number of likely N-dealkylation sites (tertiary alicyclic amines) is 1. The quantitative estimate of drug-likeness (QED) is 0.851. The van der Waals surface area contributed by atoms with Gasteiger partial charge in [-0.15, -0.1) is 0 Å². The molecule has 1 aliphatic rings. The number of piperidine rings is 1. The second kappa shape index (κ2) is 5.34. The minimum atomic E-state index is -3.60. The Morgan fingerprint density at radius 3 is 2.55 bits per heavy atom.